The van der Waals surface area contributed by atoms with Crippen molar-refractivity contribution in [3.8, 4) is 17.0 Å². The Hall–Kier alpha value is -3.60. The third-order valence-electron chi connectivity index (χ3n) is 5.30. The van der Waals surface area contributed by atoms with Crippen LogP contribution in [0.25, 0.3) is 11.3 Å². The highest BCUT2D eigenvalue weighted by atomic mass is 32.1. The number of rotatable bonds is 6. The largest absolute Gasteiger partial charge is 0.490 e. The van der Waals surface area contributed by atoms with Gasteiger partial charge in [0.1, 0.15) is 12.4 Å². The van der Waals surface area contributed by atoms with Crippen molar-refractivity contribution in [2.24, 2.45) is 11.7 Å². The second kappa shape index (κ2) is 11.7. The van der Waals surface area contributed by atoms with Crippen LogP contribution in [0.5, 0.6) is 5.75 Å². The molecule has 0 aliphatic carbocycles. The zero-order valence-electron chi connectivity index (χ0n) is 18.6. The summed E-state index contributed by atoms with van der Waals surface area (Å²) < 4.78 is 37.6. The first-order valence-electron chi connectivity index (χ1n) is 10.7. The molecule has 4 rings (SSSR count). The van der Waals surface area contributed by atoms with Crippen LogP contribution in [-0.4, -0.2) is 41.2 Å². The van der Waals surface area contributed by atoms with Crippen molar-refractivity contribution >= 4 is 28.3 Å². The van der Waals surface area contributed by atoms with Gasteiger partial charge in [0.2, 0.25) is 5.91 Å². The van der Waals surface area contributed by atoms with Crippen LogP contribution in [0, 0.1) is 5.92 Å². The number of carbonyl (C=O) groups excluding carboxylic acids is 1. The molecule has 2 heterocycles. The van der Waals surface area contributed by atoms with E-state index in [2.05, 4.69) is 22.4 Å². The molecule has 11 heteroatoms. The SMILES string of the molecule is NC(=O)C1CCN(c2nc(-c3ccc(OCc4ccccc4)cc3)cs2)CC1.O=C(O)C(F)(F)F. The van der Waals surface area contributed by atoms with E-state index in [1.54, 1.807) is 11.3 Å². The Bertz CT molecular complexity index is 1110. The molecule has 1 amide bonds. The van der Waals surface area contributed by atoms with Gasteiger partial charge in [-0.25, -0.2) is 9.78 Å². The third kappa shape index (κ3) is 7.71. The summed E-state index contributed by atoms with van der Waals surface area (Å²) >= 11 is 1.64. The lowest BCUT2D eigenvalue weighted by atomic mass is 9.97. The molecule has 35 heavy (non-hydrogen) atoms. The summed E-state index contributed by atoms with van der Waals surface area (Å²) in [6, 6.07) is 18.2. The Morgan fingerprint density at radius 1 is 1.09 bits per heavy atom. The van der Waals surface area contributed by atoms with Crippen molar-refractivity contribution in [1.82, 2.24) is 4.98 Å². The second-order valence-electron chi connectivity index (χ2n) is 7.78. The Morgan fingerprint density at radius 3 is 2.23 bits per heavy atom. The average molecular weight is 508 g/mol. The van der Waals surface area contributed by atoms with E-state index >= 15 is 0 Å². The maximum Gasteiger partial charge on any atom is 0.490 e. The molecule has 0 saturated carbocycles. The number of amides is 1. The lowest BCUT2D eigenvalue weighted by Gasteiger charge is -2.30. The third-order valence-corrected chi connectivity index (χ3v) is 6.20. The molecular formula is C24H24F3N3O4S. The number of hydrogen-bond acceptors (Lipinski definition) is 6. The van der Waals surface area contributed by atoms with Gasteiger partial charge < -0.3 is 20.5 Å². The highest BCUT2D eigenvalue weighted by Gasteiger charge is 2.38. The molecule has 1 saturated heterocycles. The summed E-state index contributed by atoms with van der Waals surface area (Å²) in [6.07, 6.45) is -3.48. The fraction of sp³-hybridized carbons (Fsp3) is 0.292. The smallest absolute Gasteiger partial charge is 0.489 e. The van der Waals surface area contributed by atoms with Crippen LogP contribution in [0.2, 0.25) is 0 Å². The van der Waals surface area contributed by atoms with E-state index < -0.39 is 12.1 Å². The van der Waals surface area contributed by atoms with Crippen molar-refractivity contribution in [3.63, 3.8) is 0 Å². The van der Waals surface area contributed by atoms with Crippen molar-refractivity contribution < 1.29 is 32.6 Å². The van der Waals surface area contributed by atoms with E-state index in [0.29, 0.717) is 6.61 Å². The second-order valence-corrected chi connectivity index (χ2v) is 8.62. The van der Waals surface area contributed by atoms with Crippen molar-refractivity contribution in [2.75, 3.05) is 18.0 Å². The predicted molar refractivity (Wildman–Crippen MR) is 126 cm³/mol. The molecule has 0 unspecified atom stereocenters. The van der Waals surface area contributed by atoms with Gasteiger partial charge in [-0.15, -0.1) is 11.3 Å². The molecule has 1 aliphatic heterocycles. The molecule has 186 valence electrons. The number of carbonyl (C=O) groups is 2. The number of ether oxygens (including phenoxy) is 1. The van der Waals surface area contributed by atoms with Crippen molar-refractivity contribution in [2.45, 2.75) is 25.6 Å². The summed E-state index contributed by atoms with van der Waals surface area (Å²) in [6.45, 7) is 2.21. The molecule has 0 spiro atoms. The molecular weight excluding hydrogens is 483 g/mol. The number of nitrogens with two attached hydrogens (primary N) is 1. The maximum absolute atomic E-state index is 11.3. The van der Waals surface area contributed by atoms with E-state index in [0.717, 1.165) is 53.6 Å². The van der Waals surface area contributed by atoms with E-state index in [1.807, 2.05) is 42.5 Å². The number of aromatic nitrogens is 1. The number of hydrogen-bond donors (Lipinski definition) is 2. The number of halogens is 3. The molecule has 2 aromatic carbocycles. The van der Waals surface area contributed by atoms with Crippen LogP contribution in [0.1, 0.15) is 18.4 Å². The summed E-state index contributed by atoms with van der Waals surface area (Å²) in [7, 11) is 0. The fourth-order valence-electron chi connectivity index (χ4n) is 3.36. The van der Waals surface area contributed by atoms with Gasteiger partial charge in [-0.1, -0.05) is 30.3 Å². The molecule has 3 N–H and O–H groups in total. The highest BCUT2D eigenvalue weighted by Crippen LogP contribution is 2.31. The number of piperidine rings is 1. The summed E-state index contributed by atoms with van der Waals surface area (Å²) in [5.41, 5.74) is 8.60. The number of benzene rings is 2. The number of anilines is 1. The van der Waals surface area contributed by atoms with Gasteiger partial charge in [-0.2, -0.15) is 13.2 Å². The van der Waals surface area contributed by atoms with Crippen LogP contribution < -0.4 is 15.4 Å². The highest BCUT2D eigenvalue weighted by molar-refractivity contribution is 7.14. The first-order chi connectivity index (χ1) is 16.6. The predicted octanol–water partition coefficient (Wildman–Crippen LogP) is 4.72. The molecule has 7 nitrogen and oxygen atoms in total. The lowest BCUT2D eigenvalue weighted by molar-refractivity contribution is -0.192. The number of alkyl halides is 3. The summed E-state index contributed by atoms with van der Waals surface area (Å²) in [4.78, 5) is 27.2. The molecule has 3 aromatic rings. The summed E-state index contributed by atoms with van der Waals surface area (Å²) in [5.74, 6) is -2.10. The van der Waals surface area contributed by atoms with Crippen LogP contribution in [-0.2, 0) is 16.2 Å². The van der Waals surface area contributed by atoms with Gasteiger partial charge >= 0.3 is 12.1 Å². The first-order valence-corrected chi connectivity index (χ1v) is 11.6. The van der Waals surface area contributed by atoms with Crippen LogP contribution in [0.4, 0.5) is 18.3 Å². The zero-order valence-corrected chi connectivity index (χ0v) is 19.4. The van der Waals surface area contributed by atoms with E-state index in [9.17, 15) is 18.0 Å². The van der Waals surface area contributed by atoms with Crippen LogP contribution >= 0.6 is 11.3 Å². The number of primary amides is 1. The van der Waals surface area contributed by atoms with Gasteiger partial charge in [0.25, 0.3) is 0 Å². The van der Waals surface area contributed by atoms with Crippen LogP contribution in [0.3, 0.4) is 0 Å². The number of carboxylic acids is 1. The number of thiazole rings is 1. The first kappa shape index (κ1) is 26.0. The molecule has 0 radical (unpaired) electrons. The Kier molecular flexibility index (Phi) is 8.69. The Morgan fingerprint density at radius 2 is 1.69 bits per heavy atom. The van der Waals surface area contributed by atoms with Gasteiger partial charge in [0.15, 0.2) is 5.13 Å². The zero-order chi connectivity index (χ0) is 25.4. The topological polar surface area (TPSA) is 106 Å². The maximum atomic E-state index is 11.3. The minimum absolute atomic E-state index is 0.000821. The number of nitrogens with zero attached hydrogens (tertiary/aromatic N) is 2. The van der Waals surface area contributed by atoms with E-state index in [1.165, 1.54) is 0 Å². The van der Waals surface area contributed by atoms with Gasteiger partial charge in [-0.3, -0.25) is 4.79 Å². The fourth-order valence-corrected chi connectivity index (χ4v) is 4.25. The van der Waals surface area contributed by atoms with E-state index in [-0.39, 0.29) is 11.8 Å². The molecule has 1 aromatic heterocycles. The Balaban J connectivity index is 0.000000429. The molecule has 0 atom stereocenters. The van der Waals surface area contributed by atoms with Gasteiger partial charge in [0, 0.05) is 30.0 Å². The molecule has 1 aliphatic rings. The van der Waals surface area contributed by atoms with Crippen molar-refractivity contribution in [3.05, 3.63) is 65.5 Å². The summed E-state index contributed by atoms with van der Waals surface area (Å²) in [5, 5.41) is 10.2. The molecule has 1 fully saturated rings. The standard InChI is InChI=1S/C22H23N3O2S.C2HF3O2/c23-21(26)18-10-12-25(13-11-18)22-24-20(15-28-22)17-6-8-19(9-7-17)27-14-16-4-2-1-3-5-16;3-2(4,5)1(6)7/h1-9,15,18H,10-14H2,(H2,23,26);(H,6,7). The number of carboxylic acid groups (broad SMARTS) is 1. The number of aliphatic carboxylic acids is 1. The van der Waals surface area contributed by atoms with Gasteiger partial charge in [0.05, 0.1) is 5.69 Å². The molecule has 0 bridgehead atoms. The lowest BCUT2D eigenvalue weighted by Crippen LogP contribution is -2.38. The van der Waals surface area contributed by atoms with E-state index in [4.69, 9.17) is 25.4 Å². The Labute approximate surface area is 204 Å². The minimum atomic E-state index is -5.08. The quantitative estimate of drug-likeness (QED) is 0.500. The van der Waals surface area contributed by atoms with Crippen LogP contribution in [0.15, 0.2) is 60.0 Å². The normalized spacial score (nSPS) is 14.1. The van der Waals surface area contributed by atoms with Crippen molar-refractivity contribution in [1.29, 1.82) is 0 Å². The van der Waals surface area contributed by atoms with Gasteiger partial charge in [-0.05, 0) is 42.7 Å². The average Bonchev–Trinajstić information content (AvgIpc) is 3.34. The minimum Gasteiger partial charge on any atom is -0.489 e. The monoisotopic (exact) mass is 507 g/mol.